The lowest BCUT2D eigenvalue weighted by molar-refractivity contribution is -0.122. The first-order valence-corrected chi connectivity index (χ1v) is 10.4. The number of carbonyl (C=O) groups is 2. The molecule has 0 saturated carbocycles. The molecular weight excluding hydrogens is 414 g/mol. The highest BCUT2D eigenvalue weighted by Crippen LogP contribution is 2.19. The lowest BCUT2D eigenvalue weighted by Gasteiger charge is -2.24. The van der Waals surface area contributed by atoms with Crippen LogP contribution in [0.5, 0.6) is 0 Å². The van der Waals surface area contributed by atoms with Gasteiger partial charge in [0.05, 0.1) is 6.61 Å². The molecule has 10 nitrogen and oxygen atoms in total. The van der Waals surface area contributed by atoms with Gasteiger partial charge in [-0.25, -0.2) is 4.79 Å². The Labute approximate surface area is 186 Å². The summed E-state index contributed by atoms with van der Waals surface area (Å²) in [5, 5.41) is 2.73. The van der Waals surface area contributed by atoms with E-state index in [1.807, 2.05) is 32.9 Å². The zero-order chi connectivity index (χ0) is 23.8. The second-order valence-electron chi connectivity index (χ2n) is 7.95. The minimum Gasteiger partial charge on any atom is -0.383 e. The van der Waals surface area contributed by atoms with Gasteiger partial charge in [-0.3, -0.25) is 23.9 Å². The molecule has 1 heterocycles. The van der Waals surface area contributed by atoms with Crippen LogP contribution >= 0.6 is 0 Å². The van der Waals surface area contributed by atoms with E-state index in [-0.39, 0.29) is 55.9 Å². The van der Waals surface area contributed by atoms with Crippen LogP contribution in [0.25, 0.3) is 0 Å². The fourth-order valence-electron chi connectivity index (χ4n) is 3.14. The number of hydrogen-bond acceptors (Lipinski definition) is 6. The number of nitrogen functional groups attached to an aromatic ring is 1. The van der Waals surface area contributed by atoms with Gasteiger partial charge in [0.25, 0.3) is 5.56 Å². The number of aryl methyl sites for hydroxylation is 1. The number of ether oxygens (including phenoxy) is 1. The summed E-state index contributed by atoms with van der Waals surface area (Å²) in [7, 11) is 1.46. The van der Waals surface area contributed by atoms with Crippen molar-refractivity contribution in [2.24, 2.45) is 5.92 Å². The molecule has 0 aliphatic rings. The number of benzene rings is 1. The molecule has 2 aromatic rings. The van der Waals surface area contributed by atoms with Crippen LogP contribution in [0.2, 0.25) is 0 Å². The van der Waals surface area contributed by atoms with E-state index in [4.69, 9.17) is 10.5 Å². The highest BCUT2D eigenvalue weighted by Gasteiger charge is 2.24. The fourth-order valence-corrected chi connectivity index (χ4v) is 3.14. The maximum Gasteiger partial charge on any atom is 0.330 e. The Kier molecular flexibility index (Phi) is 8.77. The van der Waals surface area contributed by atoms with Gasteiger partial charge in [-0.05, 0) is 25.0 Å². The molecule has 1 aromatic carbocycles. The van der Waals surface area contributed by atoms with E-state index >= 15 is 0 Å². The minimum absolute atomic E-state index is 0.0437. The molecule has 0 spiro atoms. The van der Waals surface area contributed by atoms with Crippen LogP contribution in [0.15, 0.2) is 33.9 Å². The normalized spacial score (nSPS) is 10.9. The molecular formula is C22H31N5O5. The first-order chi connectivity index (χ1) is 15.1. The average Bonchev–Trinajstić information content (AvgIpc) is 2.73. The van der Waals surface area contributed by atoms with Gasteiger partial charge in [0, 0.05) is 38.7 Å². The first kappa shape index (κ1) is 24.9. The Morgan fingerprint density at radius 2 is 1.84 bits per heavy atom. The van der Waals surface area contributed by atoms with Crippen molar-refractivity contribution in [3.05, 3.63) is 50.7 Å². The molecule has 0 bridgehead atoms. The van der Waals surface area contributed by atoms with Crippen LogP contribution in [0.4, 0.5) is 17.2 Å². The zero-order valence-electron chi connectivity index (χ0n) is 18.9. The minimum atomic E-state index is -0.763. The van der Waals surface area contributed by atoms with Crippen molar-refractivity contribution >= 4 is 29.0 Å². The fraction of sp³-hybridized carbons (Fsp3) is 0.455. The molecule has 2 rings (SSSR count). The van der Waals surface area contributed by atoms with Crippen molar-refractivity contribution < 1.29 is 14.3 Å². The quantitative estimate of drug-likeness (QED) is 0.506. The van der Waals surface area contributed by atoms with Gasteiger partial charge in [0.15, 0.2) is 5.69 Å². The predicted molar refractivity (Wildman–Crippen MR) is 124 cm³/mol. The summed E-state index contributed by atoms with van der Waals surface area (Å²) in [6, 6.07) is 7.29. The van der Waals surface area contributed by atoms with Gasteiger partial charge in [0.2, 0.25) is 11.8 Å². The lowest BCUT2D eigenvalue weighted by Crippen LogP contribution is -2.43. The molecule has 174 valence electrons. The number of rotatable bonds is 10. The summed E-state index contributed by atoms with van der Waals surface area (Å²) >= 11 is 0. The number of hydrogen-bond donors (Lipinski definition) is 3. The molecule has 32 heavy (non-hydrogen) atoms. The Morgan fingerprint density at radius 1 is 1.19 bits per heavy atom. The summed E-state index contributed by atoms with van der Waals surface area (Å²) in [5.74, 6) is -0.822. The zero-order valence-corrected chi connectivity index (χ0v) is 18.9. The predicted octanol–water partition coefficient (Wildman–Crippen LogP) is 1.48. The molecule has 0 unspecified atom stereocenters. The van der Waals surface area contributed by atoms with Crippen molar-refractivity contribution in [2.45, 2.75) is 40.2 Å². The number of anilines is 3. The highest BCUT2D eigenvalue weighted by atomic mass is 16.5. The Morgan fingerprint density at radius 3 is 2.44 bits per heavy atom. The van der Waals surface area contributed by atoms with Crippen LogP contribution in [-0.4, -0.2) is 41.6 Å². The van der Waals surface area contributed by atoms with Gasteiger partial charge in [-0.1, -0.05) is 31.5 Å². The van der Waals surface area contributed by atoms with Crippen molar-refractivity contribution in [1.29, 1.82) is 0 Å². The number of nitrogens with one attached hydrogen (secondary N) is 2. The van der Waals surface area contributed by atoms with Crippen LogP contribution < -0.4 is 27.2 Å². The van der Waals surface area contributed by atoms with E-state index in [1.54, 1.807) is 12.1 Å². The summed E-state index contributed by atoms with van der Waals surface area (Å²) in [6.45, 7) is 6.20. The largest absolute Gasteiger partial charge is 0.383 e. The number of amides is 2. The number of aromatic amines is 1. The third-order valence-corrected chi connectivity index (χ3v) is 4.75. The standard InChI is InChI=1S/C22H31N5O5/c1-14(2)13-27-20(23)19(21(30)25-22(27)31)26(11-12-32-4)18(29)10-9-17(28)24-16-7-5-15(3)6-8-16/h5-8,14H,9-13,23H2,1-4H3,(H,24,28)(H,25,30,31). The number of methoxy groups -OCH3 is 1. The summed E-state index contributed by atoms with van der Waals surface area (Å²) in [6.07, 6.45) is -0.233. The van der Waals surface area contributed by atoms with E-state index in [2.05, 4.69) is 10.3 Å². The van der Waals surface area contributed by atoms with E-state index in [0.717, 1.165) is 5.56 Å². The van der Waals surface area contributed by atoms with E-state index in [0.29, 0.717) is 5.69 Å². The summed E-state index contributed by atoms with van der Waals surface area (Å²) < 4.78 is 6.30. The SMILES string of the molecule is COCCN(C(=O)CCC(=O)Nc1ccc(C)cc1)c1c(N)n(CC(C)C)c(=O)[nH]c1=O. The number of carbonyl (C=O) groups excluding carboxylic acids is 2. The molecule has 1 aromatic heterocycles. The topological polar surface area (TPSA) is 140 Å². The number of aromatic nitrogens is 2. The summed E-state index contributed by atoms with van der Waals surface area (Å²) in [5.41, 5.74) is 6.32. The third kappa shape index (κ3) is 6.55. The van der Waals surface area contributed by atoms with Crippen molar-refractivity contribution in [2.75, 3.05) is 36.2 Å². The number of nitrogens with zero attached hydrogens (tertiary/aromatic N) is 2. The molecule has 0 saturated heterocycles. The summed E-state index contributed by atoms with van der Waals surface area (Å²) in [4.78, 5) is 53.4. The Bertz CT molecular complexity index is 1060. The van der Waals surface area contributed by atoms with Crippen molar-refractivity contribution in [3.8, 4) is 0 Å². The highest BCUT2D eigenvalue weighted by molar-refractivity contribution is 5.99. The Balaban J connectivity index is 2.23. The average molecular weight is 446 g/mol. The number of nitrogens with two attached hydrogens (primary N) is 1. The molecule has 0 radical (unpaired) electrons. The van der Waals surface area contributed by atoms with Gasteiger partial charge < -0.3 is 20.7 Å². The molecule has 4 N–H and O–H groups in total. The second kappa shape index (κ2) is 11.3. The molecule has 2 amide bonds. The second-order valence-corrected chi connectivity index (χ2v) is 7.95. The molecule has 0 atom stereocenters. The van der Waals surface area contributed by atoms with E-state index < -0.39 is 17.2 Å². The van der Waals surface area contributed by atoms with Crippen LogP contribution in [-0.2, 0) is 20.9 Å². The van der Waals surface area contributed by atoms with Crippen molar-refractivity contribution in [3.63, 3.8) is 0 Å². The molecule has 0 aliphatic carbocycles. The van der Waals surface area contributed by atoms with Crippen LogP contribution in [0.3, 0.4) is 0 Å². The Hall–Kier alpha value is -3.40. The lowest BCUT2D eigenvalue weighted by atomic mass is 10.2. The molecule has 10 heteroatoms. The molecule has 0 aliphatic heterocycles. The van der Waals surface area contributed by atoms with Gasteiger partial charge in [0.1, 0.15) is 5.82 Å². The van der Waals surface area contributed by atoms with Gasteiger partial charge >= 0.3 is 5.69 Å². The maximum absolute atomic E-state index is 13.0. The third-order valence-electron chi connectivity index (χ3n) is 4.75. The van der Waals surface area contributed by atoms with Gasteiger partial charge in [-0.2, -0.15) is 0 Å². The number of H-pyrrole nitrogens is 1. The van der Waals surface area contributed by atoms with Crippen molar-refractivity contribution in [1.82, 2.24) is 9.55 Å². The van der Waals surface area contributed by atoms with Gasteiger partial charge in [-0.15, -0.1) is 0 Å². The van der Waals surface area contributed by atoms with Crippen LogP contribution in [0.1, 0.15) is 32.3 Å². The smallest absolute Gasteiger partial charge is 0.330 e. The first-order valence-electron chi connectivity index (χ1n) is 10.4. The van der Waals surface area contributed by atoms with Crippen LogP contribution in [0, 0.1) is 12.8 Å². The van der Waals surface area contributed by atoms with E-state index in [1.165, 1.54) is 16.6 Å². The maximum atomic E-state index is 13.0. The van der Waals surface area contributed by atoms with E-state index in [9.17, 15) is 19.2 Å². The monoisotopic (exact) mass is 445 g/mol. The molecule has 0 fully saturated rings.